The molecule has 22 heavy (non-hydrogen) atoms. The van der Waals surface area contributed by atoms with Gasteiger partial charge in [-0.25, -0.2) is 9.97 Å². The molecule has 0 bridgehead atoms. The summed E-state index contributed by atoms with van der Waals surface area (Å²) < 4.78 is 0. The van der Waals surface area contributed by atoms with Crippen LogP contribution in [0.1, 0.15) is 56.6 Å². The van der Waals surface area contributed by atoms with Gasteiger partial charge in [-0.2, -0.15) is 0 Å². The van der Waals surface area contributed by atoms with E-state index in [2.05, 4.69) is 28.7 Å². The van der Waals surface area contributed by atoms with Gasteiger partial charge in [0, 0.05) is 37.2 Å². The number of amides is 1. The Bertz CT molecular complexity index is 539. The number of rotatable bonds is 5. The molecule has 1 aromatic rings. The molecule has 1 saturated heterocycles. The molecule has 0 saturated carbocycles. The first-order valence-corrected chi connectivity index (χ1v) is 8.53. The highest BCUT2D eigenvalue weighted by Crippen LogP contribution is 2.22. The van der Waals surface area contributed by atoms with Crippen LogP contribution >= 0.6 is 0 Å². The molecule has 1 fully saturated rings. The lowest BCUT2D eigenvalue weighted by Gasteiger charge is -2.24. The SMILES string of the molecule is CCc1ncc2c(n1)CN(C(=O)CC[C@H](C)N1CCCC1)C2. The van der Waals surface area contributed by atoms with Crippen LogP contribution in [0.25, 0.3) is 0 Å². The molecular weight excluding hydrogens is 276 g/mol. The summed E-state index contributed by atoms with van der Waals surface area (Å²) in [7, 11) is 0. The second kappa shape index (κ2) is 6.73. The van der Waals surface area contributed by atoms with Crippen LogP contribution in [-0.4, -0.2) is 44.8 Å². The molecule has 1 aromatic heterocycles. The van der Waals surface area contributed by atoms with Gasteiger partial charge in [0.1, 0.15) is 5.82 Å². The van der Waals surface area contributed by atoms with E-state index in [0.29, 0.717) is 25.6 Å². The number of likely N-dealkylation sites (tertiary alicyclic amines) is 1. The molecule has 0 aromatic carbocycles. The molecule has 1 amide bonds. The number of aromatic nitrogens is 2. The Hall–Kier alpha value is -1.49. The summed E-state index contributed by atoms with van der Waals surface area (Å²) >= 11 is 0. The van der Waals surface area contributed by atoms with Crippen LogP contribution in [0.2, 0.25) is 0 Å². The molecule has 120 valence electrons. The number of carbonyl (C=O) groups is 1. The van der Waals surface area contributed by atoms with E-state index in [1.165, 1.54) is 25.9 Å². The normalized spacial score (nSPS) is 19.5. The molecule has 3 heterocycles. The first-order chi connectivity index (χ1) is 10.7. The van der Waals surface area contributed by atoms with Crippen LogP contribution in [0.5, 0.6) is 0 Å². The van der Waals surface area contributed by atoms with Crippen LogP contribution in [0.4, 0.5) is 0 Å². The zero-order valence-electron chi connectivity index (χ0n) is 13.7. The second-order valence-corrected chi connectivity index (χ2v) is 6.49. The monoisotopic (exact) mass is 302 g/mol. The van der Waals surface area contributed by atoms with Crippen molar-refractivity contribution < 1.29 is 4.79 Å². The van der Waals surface area contributed by atoms with E-state index in [-0.39, 0.29) is 5.91 Å². The van der Waals surface area contributed by atoms with Gasteiger partial charge in [-0.1, -0.05) is 6.92 Å². The van der Waals surface area contributed by atoms with E-state index in [9.17, 15) is 4.79 Å². The number of aryl methyl sites for hydroxylation is 1. The van der Waals surface area contributed by atoms with Crippen molar-refractivity contribution in [2.75, 3.05) is 13.1 Å². The molecule has 0 spiro atoms. The van der Waals surface area contributed by atoms with Gasteiger partial charge in [-0.3, -0.25) is 4.79 Å². The van der Waals surface area contributed by atoms with Crippen LogP contribution in [0, 0.1) is 0 Å². The predicted octanol–water partition coefficient (Wildman–Crippen LogP) is 2.15. The van der Waals surface area contributed by atoms with Crippen molar-refractivity contribution in [1.29, 1.82) is 0 Å². The highest BCUT2D eigenvalue weighted by atomic mass is 16.2. The van der Waals surface area contributed by atoms with Crippen LogP contribution < -0.4 is 0 Å². The van der Waals surface area contributed by atoms with Gasteiger partial charge in [0.15, 0.2) is 0 Å². The van der Waals surface area contributed by atoms with E-state index < -0.39 is 0 Å². The van der Waals surface area contributed by atoms with Gasteiger partial charge >= 0.3 is 0 Å². The lowest BCUT2D eigenvalue weighted by Crippen LogP contribution is -2.32. The molecule has 2 aliphatic rings. The summed E-state index contributed by atoms with van der Waals surface area (Å²) in [6.07, 6.45) is 6.93. The maximum atomic E-state index is 12.4. The van der Waals surface area contributed by atoms with Crippen molar-refractivity contribution in [1.82, 2.24) is 19.8 Å². The molecular formula is C17H26N4O. The second-order valence-electron chi connectivity index (χ2n) is 6.49. The third-order valence-electron chi connectivity index (χ3n) is 4.91. The molecule has 0 unspecified atom stereocenters. The molecule has 2 aliphatic heterocycles. The third kappa shape index (κ3) is 3.29. The average Bonchev–Trinajstić information content (AvgIpc) is 3.20. The minimum atomic E-state index is 0.252. The zero-order valence-corrected chi connectivity index (χ0v) is 13.7. The van der Waals surface area contributed by atoms with E-state index in [1.54, 1.807) is 0 Å². The minimum absolute atomic E-state index is 0.252. The van der Waals surface area contributed by atoms with Crippen molar-refractivity contribution in [3.8, 4) is 0 Å². The lowest BCUT2D eigenvalue weighted by molar-refractivity contribution is -0.132. The summed E-state index contributed by atoms with van der Waals surface area (Å²) in [4.78, 5) is 25.8. The van der Waals surface area contributed by atoms with Crippen molar-refractivity contribution in [3.05, 3.63) is 23.3 Å². The van der Waals surface area contributed by atoms with Gasteiger partial charge in [-0.15, -0.1) is 0 Å². The number of hydrogen-bond donors (Lipinski definition) is 0. The third-order valence-corrected chi connectivity index (χ3v) is 4.91. The number of nitrogens with zero attached hydrogens (tertiary/aromatic N) is 4. The Morgan fingerprint density at radius 2 is 2.09 bits per heavy atom. The topological polar surface area (TPSA) is 49.3 Å². The maximum Gasteiger partial charge on any atom is 0.223 e. The molecule has 1 atom stereocenters. The quantitative estimate of drug-likeness (QED) is 0.836. The van der Waals surface area contributed by atoms with Crippen LogP contribution in [-0.2, 0) is 24.3 Å². The molecule has 0 N–H and O–H groups in total. The minimum Gasteiger partial charge on any atom is -0.332 e. The fraction of sp³-hybridized carbons (Fsp3) is 0.706. The van der Waals surface area contributed by atoms with Gasteiger partial charge in [-0.05, 0) is 39.3 Å². The Balaban J connectivity index is 1.51. The maximum absolute atomic E-state index is 12.4. The lowest BCUT2D eigenvalue weighted by atomic mass is 10.1. The van der Waals surface area contributed by atoms with E-state index in [1.807, 2.05) is 11.1 Å². The highest BCUT2D eigenvalue weighted by Gasteiger charge is 2.26. The van der Waals surface area contributed by atoms with Crippen molar-refractivity contribution >= 4 is 5.91 Å². The molecule has 5 heteroatoms. The van der Waals surface area contributed by atoms with Gasteiger partial charge in [0.05, 0.1) is 12.2 Å². The highest BCUT2D eigenvalue weighted by molar-refractivity contribution is 5.76. The Morgan fingerprint density at radius 1 is 1.32 bits per heavy atom. The fourth-order valence-corrected chi connectivity index (χ4v) is 3.40. The van der Waals surface area contributed by atoms with Crippen molar-refractivity contribution in [3.63, 3.8) is 0 Å². The first-order valence-electron chi connectivity index (χ1n) is 8.53. The number of carbonyl (C=O) groups excluding carboxylic acids is 1. The van der Waals surface area contributed by atoms with Crippen LogP contribution in [0.3, 0.4) is 0 Å². The predicted molar refractivity (Wildman–Crippen MR) is 85.2 cm³/mol. The summed E-state index contributed by atoms with van der Waals surface area (Å²) in [5, 5.41) is 0. The Kier molecular flexibility index (Phi) is 4.71. The van der Waals surface area contributed by atoms with E-state index in [0.717, 1.165) is 29.9 Å². The smallest absolute Gasteiger partial charge is 0.223 e. The van der Waals surface area contributed by atoms with Crippen molar-refractivity contribution in [2.24, 2.45) is 0 Å². The number of fused-ring (bicyclic) bond motifs is 1. The van der Waals surface area contributed by atoms with Gasteiger partial charge < -0.3 is 9.80 Å². The first kappa shape index (κ1) is 15.4. The summed E-state index contributed by atoms with van der Waals surface area (Å²) in [6.45, 7) is 8.02. The van der Waals surface area contributed by atoms with Crippen LogP contribution in [0.15, 0.2) is 6.20 Å². The fourth-order valence-electron chi connectivity index (χ4n) is 3.40. The zero-order chi connectivity index (χ0) is 15.5. The molecule has 5 nitrogen and oxygen atoms in total. The summed E-state index contributed by atoms with van der Waals surface area (Å²) in [5.41, 5.74) is 2.14. The van der Waals surface area contributed by atoms with Gasteiger partial charge in [0.25, 0.3) is 0 Å². The van der Waals surface area contributed by atoms with Crippen molar-refractivity contribution in [2.45, 2.75) is 65.1 Å². The largest absolute Gasteiger partial charge is 0.332 e. The Labute approximate surface area is 132 Å². The Morgan fingerprint density at radius 3 is 2.82 bits per heavy atom. The van der Waals surface area contributed by atoms with E-state index in [4.69, 9.17) is 0 Å². The van der Waals surface area contributed by atoms with E-state index >= 15 is 0 Å². The van der Waals surface area contributed by atoms with Gasteiger partial charge in [0.2, 0.25) is 5.91 Å². The average molecular weight is 302 g/mol. The summed E-state index contributed by atoms with van der Waals surface area (Å²) in [5.74, 6) is 1.12. The number of hydrogen-bond acceptors (Lipinski definition) is 4. The summed E-state index contributed by atoms with van der Waals surface area (Å²) in [6, 6.07) is 0.517. The standard InChI is InChI=1S/C17H26N4O/c1-3-16-18-10-14-11-21(12-15(14)19-16)17(22)7-6-13(2)20-8-4-5-9-20/h10,13H,3-9,11-12H2,1-2H3/t13-/m0/s1. The molecule has 0 radical (unpaired) electrons. The molecule has 0 aliphatic carbocycles. The molecule has 3 rings (SSSR count).